The number of aryl methyl sites for hydroxylation is 1. The predicted octanol–water partition coefficient (Wildman–Crippen LogP) is 4.02. The number of carbonyl (C=O) groups is 5. The van der Waals surface area contributed by atoms with Crippen molar-refractivity contribution in [1.82, 2.24) is 5.32 Å². The van der Waals surface area contributed by atoms with Gasteiger partial charge < -0.3 is 31.5 Å². The zero-order valence-electron chi connectivity index (χ0n) is 29.1. The number of phenolic OH excluding ortho intramolecular Hbond substituents is 1. The molecule has 1 aromatic rings. The number of rotatable bonds is 0. The summed E-state index contributed by atoms with van der Waals surface area (Å²) >= 11 is 0. The fraction of sp³-hybridized carbons (Fsp3) is 0.359. The molecule has 0 fully saturated rings. The van der Waals surface area contributed by atoms with E-state index in [0.717, 1.165) is 6.08 Å². The van der Waals surface area contributed by atoms with Gasteiger partial charge in [-0.2, -0.15) is 0 Å². The lowest BCUT2D eigenvalue weighted by Crippen LogP contribution is -2.37. The number of benzene rings is 1. The Balaban J connectivity index is 2.05. The largest absolute Gasteiger partial charge is 0.507 e. The number of nitrogens with two attached hydrogens (primary N) is 1. The van der Waals surface area contributed by atoms with Crippen LogP contribution in [0.25, 0.3) is 0 Å². The predicted molar refractivity (Wildman–Crippen MR) is 189 cm³/mol. The normalized spacial score (nSPS) is 26.7. The first-order valence-corrected chi connectivity index (χ1v) is 16.4. The van der Waals surface area contributed by atoms with Crippen LogP contribution in [-0.2, 0) is 9.59 Å². The number of phenols is 1. The van der Waals surface area contributed by atoms with Crippen molar-refractivity contribution in [1.29, 1.82) is 0 Å². The standard InChI is InChI=1S/C39H46N2O9/c1-20-11-9-7-8-10-12-30(45)41-34-33(40)39(50)31-27(38(34)49)18-25(6)37(48)32(31)36(47)24(5)17-23(4)35(46)22(3)14-16-26(42)15-13-21(2)29(44)19-28(20)43/h7-14,16-18,20,22-23,26,28,35,42-43,46,48H,15,19,40H2,1-6H3,(H,41,45). The van der Waals surface area contributed by atoms with Gasteiger partial charge in [0.2, 0.25) is 17.5 Å². The second-order valence-electron chi connectivity index (χ2n) is 12.9. The van der Waals surface area contributed by atoms with E-state index in [-0.39, 0.29) is 46.8 Å². The van der Waals surface area contributed by atoms with Crippen molar-refractivity contribution in [2.75, 3.05) is 0 Å². The molecule has 7 N–H and O–H groups in total. The van der Waals surface area contributed by atoms with E-state index >= 15 is 0 Å². The number of aliphatic hydroxyl groups excluding tert-OH is 3. The molecule has 2 heterocycles. The van der Waals surface area contributed by atoms with Crippen molar-refractivity contribution in [2.24, 2.45) is 23.5 Å². The van der Waals surface area contributed by atoms with Crippen molar-refractivity contribution in [2.45, 2.75) is 72.7 Å². The number of allylic oxidation sites excluding steroid dienone is 8. The first kappa shape index (κ1) is 39.5. The van der Waals surface area contributed by atoms with E-state index in [1.54, 1.807) is 58.1 Å². The molecule has 0 radical (unpaired) electrons. The SMILES string of the molecule is CC1=CCC(O)C=CC(C)C(O)C(C)C=C(C)C(=O)c2c(O)c(C)cc3c2C(=O)C(N)=C(NC(=O)C=CC=CC=CC(C)C(O)CC1=O)C3=O. The topological polar surface area (TPSA) is 204 Å². The molecule has 1 aliphatic carbocycles. The summed E-state index contributed by atoms with van der Waals surface area (Å²) in [7, 11) is 0. The number of ketones is 4. The number of carbonyl (C=O) groups excluding carboxylic acids is 5. The monoisotopic (exact) mass is 686 g/mol. The zero-order chi connectivity index (χ0) is 37.4. The second-order valence-corrected chi connectivity index (χ2v) is 12.9. The van der Waals surface area contributed by atoms with Crippen molar-refractivity contribution in [3.63, 3.8) is 0 Å². The summed E-state index contributed by atoms with van der Waals surface area (Å²) in [6, 6.07) is 1.25. The first-order chi connectivity index (χ1) is 23.5. The average molecular weight is 687 g/mol. The van der Waals surface area contributed by atoms with Crippen LogP contribution in [0.3, 0.4) is 0 Å². The maximum atomic E-state index is 13.8. The van der Waals surface area contributed by atoms with Gasteiger partial charge in [-0.15, -0.1) is 0 Å². The van der Waals surface area contributed by atoms with E-state index in [1.807, 2.05) is 0 Å². The van der Waals surface area contributed by atoms with Gasteiger partial charge in [-0.3, -0.25) is 24.0 Å². The zero-order valence-corrected chi connectivity index (χ0v) is 29.1. The van der Waals surface area contributed by atoms with E-state index < -0.39 is 76.1 Å². The number of fused-ring (bicyclic) bond motifs is 18. The molecular weight excluding hydrogens is 640 g/mol. The Kier molecular flexibility index (Phi) is 13.5. The molecule has 0 saturated carbocycles. The number of amides is 1. The van der Waals surface area contributed by atoms with Crippen LogP contribution in [0.1, 0.15) is 84.1 Å². The molecule has 6 atom stereocenters. The maximum absolute atomic E-state index is 13.8. The average Bonchev–Trinajstić information content (AvgIpc) is 3.07. The van der Waals surface area contributed by atoms with Crippen LogP contribution in [0, 0.1) is 24.7 Å². The van der Waals surface area contributed by atoms with Gasteiger partial charge in [-0.05, 0) is 50.0 Å². The Bertz CT molecular complexity index is 1770. The van der Waals surface area contributed by atoms with Gasteiger partial charge in [0, 0.05) is 35.8 Å². The molecule has 0 aromatic heterocycles. The Hall–Kier alpha value is -4.97. The first-order valence-electron chi connectivity index (χ1n) is 16.4. The van der Waals surface area contributed by atoms with Crippen LogP contribution in [0.2, 0.25) is 0 Å². The Morgan fingerprint density at radius 3 is 2.10 bits per heavy atom. The fourth-order valence-electron chi connectivity index (χ4n) is 5.57. The molecule has 6 unspecified atom stereocenters. The molecular formula is C39H46N2O9. The second kappa shape index (κ2) is 17.1. The highest BCUT2D eigenvalue weighted by Gasteiger charge is 2.37. The highest BCUT2D eigenvalue weighted by molar-refractivity contribution is 6.31. The molecule has 11 heteroatoms. The molecule has 1 amide bonds. The van der Waals surface area contributed by atoms with Gasteiger partial charge >= 0.3 is 0 Å². The Morgan fingerprint density at radius 2 is 1.42 bits per heavy atom. The minimum absolute atomic E-state index is 0.0829. The lowest BCUT2D eigenvalue weighted by Gasteiger charge is -2.23. The molecule has 2 aliphatic heterocycles. The smallest absolute Gasteiger partial charge is 0.248 e. The van der Waals surface area contributed by atoms with E-state index in [4.69, 9.17) is 5.73 Å². The van der Waals surface area contributed by atoms with Crippen molar-refractivity contribution in [3.05, 3.63) is 112 Å². The quantitative estimate of drug-likeness (QED) is 0.216. The third-order valence-corrected chi connectivity index (χ3v) is 8.87. The van der Waals surface area contributed by atoms with Crippen molar-refractivity contribution >= 4 is 29.0 Å². The maximum Gasteiger partial charge on any atom is 0.248 e. The van der Waals surface area contributed by atoms with Crippen LogP contribution in [0.4, 0.5) is 0 Å². The van der Waals surface area contributed by atoms with Crippen molar-refractivity contribution < 1.29 is 44.4 Å². The summed E-state index contributed by atoms with van der Waals surface area (Å²) in [5.41, 5.74) is 4.59. The molecule has 11 nitrogen and oxygen atoms in total. The highest BCUT2D eigenvalue weighted by Crippen LogP contribution is 2.36. The molecule has 266 valence electrons. The van der Waals surface area contributed by atoms with E-state index in [9.17, 15) is 44.4 Å². The lowest BCUT2D eigenvalue weighted by atomic mass is 9.82. The summed E-state index contributed by atoms with van der Waals surface area (Å²) in [6.07, 6.45) is 12.2. The van der Waals surface area contributed by atoms with Crippen LogP contribution >= 0.6 is 0 Å². The molecule has 0 spiro atoms. The molecule has 4 bridgehead atoms. The summed E-state index contributed by atoms with van der Waals surface area (Å²) in [5, 5.41) is 45.4. The van der Waals surface area contributed by atoms with Crippen LogP contribution in [-0.4, -0.2) is 67.8 Å². The number of aliphatic hydroxyl groups is 3. The summed E-state index contributed by atoms with van der Waals surface area (Å²) in [4.78, 5) is 66.2. The van der Waals surface area contributed by atoms with Crippen LogP contribution < -0.4 is 11.1 Å². The minimum Gasteiger partial charge on any atom is -0.507 e. The van der Waals surface area contributed by atoms with Gasteiger partial charge in [0.15, 0.2) is 11.6 Å². The van der Waals surface area contributed by atoms with Crippen LogP contribution in [0.5, 0.6) is 5.75 Å². The summed E-state index contributed by atoms with van der Waals surface area (Å²) in [5.74, 6) is -5.49. The van der Waals surface area contributed by atoms with Gasteiger partial charge in [0.1, 0.15) is 17.1 Å². The summed E-state index contributed by atoms with van der Waals surface area (Å²) in [6.45, 7) is 9.67. The molecule has 4 rings (SSSR count). The number of aromatic hydroxyl groups is 1. The van der Waals surface area contributed by atoms with E-state index in [1.165, 1.54) is 44.2 Å². The third-order valence-electron chi connectivity index (χ3n) is 8.87. The number of nitrogens with one attached hydrogen (secondary N) is 1. The number of Topliss-reactive ketones (excluding diaryl/α,β-unsaturated/α-hetero) is 4. The third kappa shape index (κ3) is 9.38. The minimum atomic E-state index is -1.01. The molecule has 50 heavy (non-hydrogen) atoms. The lowest BCUT2D eigenvalue weighted by molar-refractivity contribution is -0.118. The van der Waals surface area contributed by atoms with Gasteiger partial charge in [0.05, 0.1) is 29.4 Å². The Labute approximate surface area is 292 Å². The highest BCUT2D eigenvalue weighted by atomic mass is 16.3. The van der Waals surface area contributed by atoms with Crippen LogP contribution in [0.15, 0.2) is 89.4 Å². The van der Waals surface area contributed by atoms with Crippen molar-refractivity contribution in [3.8, 4) is 5.75 Å². The number of hydrogen-bond donors (Lipinski definition) is 6. The summed E-state index contributed by atoms with van der Waals surface area (Å²) < 4.78 is 0. The van der Waals surface area contributed by atoms with Gasteiger partial charge in [-0.1, -0.05) is 75.5 Å². The molecule has 0 saturated heterocycles. The fourth-order valence-corrected chi connectivity index (χ4v) is 5.57. The Morgan fingerprint density at radius 1 is 0.760 bits per heavy atom. The van der Waals surface area contributed by atoms with E-state index in [2.05, 4.69) is 5.32 Å². The van der Waals surface area contributed by atoms with E-state index in [0.29, 0.717) is 5.57 Å². The molecule has 1 aromatic carbocycles. The van der Waals surface area contributed by atoms with Gasteiger partial charge in [-0.25, -0.2) is 0 Å². The number of hydrogen-bond acceptors (Lipinski definition) is 10. The van der Waals surface area contributed by atoms with Gasteiger partial charge in [0.25, 0.3) is 0 Å². The molecule has 3 aliphatic rings.